The summed E-state index contributed by atoms with van der Waals surface area (Å²) in [4.78, 5) is 35.9. The molecule has 112 valence electrons. The summed E-state index contributed by atoms with van der Waals surface area (Å²) in [6.45, 7) is 2.35. The fraction of sp³-hybridized carbons (Fsp3) is 0.308. The van der Waals surface area contributed by atoms with E-state index in [2.05, 4.69) is 5.32 Å². The quantitative estimate of drug-likeness (QED) is 0.824. The number of para-hydroxylation sites is 1. The Kier molecular flexibility index (Phi) is 3.63. The molecule has 0 atom stereocenters. The van der Waals surface area contributed by atoms with Crippen molar-refractivity contribution >= 4 is 23.5 Å². The summed E-state index contributed by atoms with van der Waals surface area (Å²) in [6, 6.07) is 2.39. The Hall–Kier alpha value is -2.51. The predicted molar refractivity (Wildman–Crippen MR) is 69.3 cm³/mol. The van der Waals surface area contributed by atoms with Gasteiger partial charge >= 0.3 is 6.03 Å². The summed E-state index contributed by atoms with van der Waals surface area (Å²) in [5, 5.41) is 4.41. The van der Waals surface area contributed by atoms with Gasteiger partial charge < -0.3 is 10.6 Å². The van der Waals surface area contributed by atoms with Crippen molar-refractivity contribution in [3.05, 3.63) is 29.8 Å². The molecule has 0 bridgehead atoms. The fourth-order valence-electron chi connectivity index (χ4n) is 1.90. The third-order valence-electron chi connectivity index (χ3n) is 2.97. The number of nitrogens with zero attached hydrogens (tertiary/aromatic N) is 1. The molecule has 1 aromatic rings. The topological polar surface area (TPSA) is 78.5 Å². The van der Waals surface area contributed by atoms with Gasteiger partial charge in [0.25, 0.3) is 5.91 Å². The van der Waals surface area contributed by atoms with E-state index in [0.717, 1.165) is 18.2 Å². The van der Waals surface area contributed by atoms with Crippen LogP contribution in [0, 0.1) is 11.6 Å². The molecule has 1 saturated heterocycles. The van der Waals surface area contributed by atoms with Gasteiger partial charge in [0.05, 0.1) is 0 Å². The van der Waals surface area contributed by atoms with E-state index in [-0.39, 0.29) is 0 Å². The van der Waals surface area contributed by atoms with Crippen LogP contribution in [-0.4, -0.2) is 34.8 Å². The highest BCUT2D eigenvalue weighted by molar-refractivity contribution is 6.09. The molecule has 0 aliphatic carbocycles. The van der Waals surface area contributed by atoms with Crippen LogP contribution in [0.5, 0.6) is 0 Å². The van der Waals surface area contributed by atoms with Gasteiger partial charge in [0, 0.05) is 0 Å². The molecule has 0 saturated carbocycles. The number of carbonyl (C=O) groups is 3. The predicted octanol–water partition coefficient (Wildman–Crippen LogP) is 1.23. The minimum Gasteiger partial charge on any atom is -0.324 e. The average Bonchev–Trinajstić information content (AvgIpc) is 2.56. The monoisotopic (exact) mass is 297 g/mol. The lowest BCUT2D eigenvalue weighted by Gasteiger charge is -2.16. The number of hydrogen-bond donors (Lipinski definition) is 2. The van der Waals surface area contributed by atoms with Crippen LogP contribution in [0.3, 0.4) is 0 Å². The highest BCUT2D eigenvalue weighted by Gasteiger charge is 2.44. The van der Waals surface area contributed by atoms with E-state index < -0.39 is 47.3 Å². The van der Waals surface area contributed by atoms with Gasteiger partial charge in [-0.25, -0.2) is 13.6 Å². The summed E-state index contributed by atoms with van der Waals surface area (Å²) in [5.41, 5.74) is -1.73. The number of rotatable bonds is 3. The lowest BCUT2D eigenvalue weighted by molar-refractivity contribution is -0.132. The molecule has 0 spiro atoms. The highest BCUT2D eigenvalue weighted by atomic mass is 19.1. The van der Waals surface area contributed by atoms with E-state index in [0.29, 0.717) is 4.90 Å². The number of halogens is 2. The first-order valence-electron chi connectivity index (χ1n) is 6.10. The largest absolute Gasteiger partial charge is 0.325 e. The van der Waals surface area contributed by atoms with Crippen molar-refractivity contribution in [3.63, 3.8) is 0 Å². The molecule has 1 aromatic carbocycles. The molecule has 8 heteroatoms. The number of amides is 4. The van der Waals surface area contributed by atoms with Gasteiger partial charge in [0.2, 0.25) is 5.91 Å². The first-order chi connectivity index (χ1) is 9.72. The molecule has 4 amide bonds. The third-order valence-corrected chi connectivity index (χ3v) is 2.97. The van der Waals surface area contributed by atoms with E-state index >= 15 is 0 Å². The minimum absolute atomic E-state index is 0.586. The molecular weight excluding hydrogens is 284 g/mol. The van der Waals surface area contributed by atoms with Crippen LogP contribution in [0.15, 0.2) is 18.2 Å². The molecule has 2 N–H and O–H groups in total. The molecule has 1 aliphatic heterocycles. The van der Waals surface area contributed by atoms with Gasteiger partial charge in [-0.1, -0.05) is 6.07 Å². The van der Waals surface area contributed by atoms with Crippen LogP contribution in [0.4, 0.5) is 19.3 Å². The molecule has 6 nitrogen and oxygen atoms in total. The lowest BCUT2D eigenvalue weighted by atomic mass is 10.1. The standard InChI is InChI=1S/C13H13F2N3O3/c1-13(2)11(20)18(12(21)17-13)6-9(19)16-10-7(14)4-3-5-8(10)15/h3-5H,6H2,1-2H3,(H,16,19)(H,17,21). The van der Waals surface area contributed by atoms with Gasteiger partial charge in [-0.3, -0.25) is 14.5 Å². The van der Waals surface area contributed by atoms with E-state index in [1.54, 1.807) is 0 Å². The molecular formula is C13H13F2N3O3. The molecule has 21 heavy (non-hydrogen) atoms. The van der Waals surface area contributed by atoms with Crippen molar-refractivity contribution in [2.75, 3.05) is 11.9 Å². The Labute approximate surface area is 119 Å². The third kappa shape index (κ3) is 2.83. The first-order valence-corrected chi connectivity index (χ1v) is 6.10. The van der Waals surface area contributed by atoms with Crippen molar-refractivity contribution < 1.29 is 23.2 Å². The summed E-state index contributed by atoms with van der Waals surface area (Å²) < 4.78 is 26.8. The molecule has 1 fully saturated rings. The number of urea groups is 1. The molecule has 0 radical (unpaired) electrons. The summed E-state index contributed by atoms with van der Waals surface area (Å²) in [5.74, 6) is -3.35. The van der Waals surface area contributed by atoms with Crippen LogP contribution < -0.4 is 10.6 Å². The molecule has 2 rings (SSSR count). The Morgan fingerprint density at radius 3 is 2.33 bits per heavy atom. The highest BCUT2D eigenvalue weighted by Crippen LogP contribution is 2.19. The van der Waals surface area contributed by atoms with Crippen molar-refractivity contribution in [3.8, 4) is 0 Å². The fourth-order valence-corrected chi connectivity index (χ4v) is 1.90. The number of imide groups is 1. The number of nitrogens with one attached hydrogen (secondary N) is 2. The maximum Gasteiger partial charge on any atom is 0.325 e. The number of benzene rings is 1. The van der Waals surface area contributed by atoms with Crippen LogP contribution in [-0.2, 0) is 9.59 Å². The van der Waals surface area contributed by atoms with Gasteiger partial charge in [-0.2, -0.15) is 0 Å². The summed E-state index contributed by atoms with van der Waals surface area (Å²) in [6.07, 6.45) is 0. The summed E-state index contributed by atoms with van der Waals surface area (Å²) >= 11 is 0. The van der Waals surface area contributed by atoms with Crippen LogP contribution in [0.1, 0.15) is 13.8 Å². The number of carbonyl (C=O) groups excluding carboxylic acids is 3. The van der Waals surface area contributed by atoms with Gasteiger partial charge in [0.1, 0.15) is 29.4 Å². The van der Waals surface area contributed by atoms with Crippen molar-refractivity contribution in [1.82, 2.24) is 10.2 Å². The second kappa shape index (κ2) is 5.12. The first kappa shape index (κ1) is 14.9. The van der Waals surface area contributed by atoms with Crippen molar-refractivity contribution in [2.24, 2.45) is 0 Å². The number of hydrogen-bond acceptors (Lipinski definition) is 3. The van der Waals surface area contributed by atoms with E-state index in [4.69, 9.17) is 0 Å². The van der Waals surface area contributed by atoms with Crippen LogP contribution in [0.2, 0.25) is 0 Å². The van der Waals surface area contributed by atoms with Crippen molar-refractivity contribution in [1.29, 1.82) is 0 Å². The average molecular weight is 297 g/mol. The van der Waals surface area contributed by atoms with Gasteiger partial charge in [0.15, 0.2) is 0 Å². The SMILES string of the molecule is CC1(C)NC(=O)N(CC(=O)Nc2c(F)cccc2F)C1=O. The van der Waals surface area contributed by atoms with E-state index in [1.807, 2.05) is 5.32 Å². The lowest BCUT2D eigenvalue weighted by Crippen LogP contribution is -2.41. The Balaban J connectivity index is 2.10. The summed E-state index contributed by atoms with van der Waals surface area (Å²) in [7, 11) is 0. The van der Waals surface area contributed by atoms with E-state index in [9.17, 15) is 23.2 Å². The van der Waals surface area contributed by atoms with Gasteiger partial charge in [-0.05, 0) is 26.0 Å². The van der Waals surface area contributed by atoms with Crippen molar-refractivity contribution in [2.45, 2.75) is 19.4 Å². The minimum atomic E-state index is -1.11. The van der Waals surface area contributed by atoms with Crippen LogP contribution in [0.25, 0.3) is 0 Å². The van der Waals surface area contributed by atoms with Gasteiger partial charge in [-0.15, -0.1) is 0 Å². The zero-order valence-corrected chi connectivity index (χ0v) is 11.4. The molecule has 1 aliphatic rings. The second-order valence-electron chi connectivity index (χ2n) is 5.09. The Morgan fingerprint density at radius 2 is 1.86 bits per heavy atom. The normalized spacial score (nSPS) is 16.9. The Morgan fingerprint density at radius 1 is 1.29 bits per heavy atom. The molecule has 0 aromatic heterocycles. The Bertz CT molecular complexity index is 611. The molecule has 0 unspecified atom stereocenters. The second-order valence-corrected chi connectivity index (χ2v) is 5.09. The zero-order chi connectivity index (χ0) is 15.8. The smallest absolute Gasteiger partial charge is 0.324 e. The maximum absolute atomic E-state index is 13.4. The molecule has 1 heterocycles. The maximum atomic E-state index is 13.4. The number of anilines is 1. The van der Waals surface area contributed by atoms with E-state index in [1.165, 1.54) is 13.8 Å². The zero-order valence-electron chi connectivity index (χ0n) is 11.4. The van der Waals surface area contributed by atoms with Crippen LogP contribution >= 0.6 is 0 Å².